The van der Waals surface area contributed by atoms with Crippen molar-refractivity contribution >= 4 is 38.8 Å². The van der Waals surface area contributed by atoms with Crippen molar-refractivity contribution in [1.82, 2.24) is 10.2 Å². The minimum Gasteiger partial charge on any atom is -0.422 e. The summed E-state index contributed by atoms with van der Waals surface area (Å²) in [5.74, 6) is 0. The molecular formula is C17H10N4O4S. The first-order chi connectivity index (χ1) is 12.6. The summed E-state index contributed by atoms with van der Waals surface area (Å²) in [6.07, 6.45) is 0. The Morgan fingerprint density at radius 2 is 1.88 bits per heavy atom. The Hall–Kier alpha value is -3.59. The molecule has 0 saturated heterocycles. The van der Waals surface area contributed by atoms with Gasteiger partial charge in [0.05, 0.1) is 10.5 Å². The fraction of sp³-hybridized carbons (Fsp3) is 0. The molecular weight excluding hydrogens is 356 g/mol. The van der Waals surface area contributed by atoms with Gasteiger partial charge in [0.2, 0.25) is 5.13 Å². The average molecular weight is 366 g/mol. The molecule has 0 aliphatic rings. The van der Waals surface area contributed by atoms with E-state index in [1.165, 1.54) is 35.6 Å². The van der Waals surface area contributed by atoms with Crippen LogP contribution in [0.4, 0.5) is 16.5 Å². The number of anilines is 2. The summed E-state index contributed by atoms with van der Waals surface area (Å²) in [6.45, 7) is 0. The fourth-order valence-corrected chi connectivity index (χ4v) is 3.17. The Labute approximate surface area is 149 Å². The normalized spacial score (nSPS) is 10.8. The van der Waals surface area contributed by atoms with Gasteiger partial charge in [0.25, 0.3) is 5.69 Å². The van der Waals surface area contributed by atoms with Crippen molar-refractivity contribution in [1.29, 1.82) is 0 Å². The van der Waals surface area contributed by atoms with Gasteiger partial charge in [-0.05, 0) is 24.3 Å². The monoisotopic (exact) mass is 366 g/mol. The zero-order valence-electron chi connectivity index (χ0n) is 13.1. The SMILES string of the molecule is O=c1oc2ccc([N+](=O)[O-])cc2cc1-c1nnc(Nc2ccccc2)s1. The third-order valence-corrected chi connectivity index (χ3v) is 4.48. The number of fused-ring (bicyclic) bond motifs is 1. The van der Waals surface area contributed by atoms with E-state index in [0.717, 1.165) is 5.69 Å². The van der Waals surface area contributed by atoms with E-state index in [1.54, 1.807) is 0 Å². The maximum absolute atomic E-state index is 12.2. The summed E-state index contributed by atoms with van der Waals surface area (Å²) in [7, 11) is 0. The number of rotatable bonds is 4. The number of benzene rings is 2. The smallest absolute Gasteiger partial charge is 0.346 e. The van der Waals surface area contributed by atoms with Crippen LogP contribution in [0.2, 0.25) is 0 Å². The Morgan fingerprint density at radius 3 is 2.65 bits per heavy atom. The molecule has 2 heterocycles. The van der Waals surface area contributed by atoms with E-state index >= 15 is 0 Å². The van der Waals surface area contributed by atoms with E-state index < -0.39 is 10.5 Å². The van der Waals surface area contributed by atoms with Crippen LogP contribution in [0.1, 0.15) is 0 Å². The average Bonchev–Trinajstić information content (AvgIpc) is 3.09. The summed E-state index contributed by atoms with van der Waals surface area (Å²) in [6, 6.07) is 15.0. The lowest BCUT2D eigenvalue weighted by Gasteiger charge is -2.00. The summed E-state index contributed by atoms with van der Waals surface area (Å²) in [4.78, 5) is 22.7. The lowest BCUT2D eigenvalue weighted by atomic mass is 10.2. The third kappa shape index (κ3) is 3.03. The molecule has 2 aromatic heterocycles. The van der Waals surface area contributed by atoms with Crippen LogP contribution in [0.25, 0.3) is 21.5 Å². The number of aromatic nitrogens is 2. The number of para-hydroxylation sites is 1. The summed E-state index contributed by atoms with van der Waals surface area (Å²) in [5.41, 5.74) is 0.666. The van der Waals surface area contributed by atoms with Gasteiger partial charge in [-0.15, -0.1) is 10.2 Å². The van der Waals surface area contributed by atoms with Crippen LogP contribution in [-0.2, 0) is 0 Å². The number of nitro groups is 1. The minimum atomic E-state index is -0.575. The highest BCUT2D eigenvalue weighted by Gasteiger charge is 2.15. The molecule has 0 fully saturated rings. The van der Waals surface area contributed by atoms with Crippen molar-refractivity contribution in [3.8, 4) is 10.6 Å². The maximum atomic E-state index is 12.2. The van der Waals surface area contributed by atoms with Crippen molar-refractivity contribution in [2.75, 3.05) is 5.32 Å². The predicted octanol–water partition coefficient (Wildman–Crippen LogP) is 3.96. The molecule has 8 nitrogen and oxygen atoms in total. The fourth-order valence-electron chi connectivity index (χ4n) is 2.40. The molecule has 0 aliphatic carbocycles. The molecule has 1 N–H and O–H groups in total. The number of nitrogens with one attached hydrogen (secondary N) is 1. The lowest BCUT2D eigenvalue weighted by Crippen LogP contribution is -2.02. The summed E-state index contributed by atoms with van der Waals surface area (Å²) < 4.78 is 5.25. The highest BCUT2D eigenvalue weighted by atomic mass is 32.1. The van der Waals surface area contributed by atoms with Crippen LogP contribution >= 0.6 is 11.3 Å². The first-order valence-electron chi connectivity index (χ1n) is 7.48. The largest absolute Gasteiger partial charge is 0.422 e. The Balaban J connectivity index is 1.73. The molecule has 0 aliphatic heterocycles. The number of hydrogen-bond donors (Lipinski definition) is 1. The van der Waals surface area contributed by atoms with Crippen LogP contribution in [0.3, 0.4) is 0 Å². The second kappa shape index (κ2) is 6.37. The van der Waals surface area contributed by atoms with Gasteiger partial charge in [0.15, 0.2) is 5.01 Å². The van der Waals surface area contributed by atoms with Crippen molar-refractivity contribution < 1.29 is 9.34 Å². The van der Waals surface area contributed by atoms with Gasteiger partial charge >= 0.3 is 5.63 Å². The van der Waals surface area contributed by atoms with Crippen LogP contribution in [0, 0.1) is 10.1 Å². The van der Waals surface area contributed by atoms with E-state index in [4.69, 9.17) is 4.42 Å². The number of non-ortho nitro benzene ring substituents is 1. The van der Waals surface area contributed by atoms with Gasteiger partial charge < -0.3 is 9.73 Å². The number of nitro benzene ring substituents is 1. The topological polar surface area (TPSA) is 111 Å². The van der Waals surface area contributed by atoms with Gasteiger partial charge in [-0.2, -0.15) is 0 Å². The van der Waals surface area contributed by atoms with Crippen LogP contribution in [-0.4, -0.2) is 15.1 Å². The quantitative estimate of drug-likeness (QED) is 0.330. The molecule has 0 spiro atoms. The highest BCUT2D eigenvalue weighted by Crippen LogP contribution is 2.29. The molecule has 0 saturated carbocycles. The Kier molecular flexibility index (Phi) is 3.90. The van der Waals surface area contributed by atoms with Crippen LogP contribution in [0.5, 0.6) is 0 Å². The lowest BCUT2D eigenvalue weighted by molar-refractivity contribution is -0.384. The first-order valence-corrected chi connectivity index (χ1v) is 8.30. The van der Waals surface area contributed by atoms with E-state index in [9.17, 15) is 14.9 Å². The number of hydrogen-bond acceptors (Lipinski definition) is 8. The van der Waals surface area contributed by atoms with Gasteiger partial charge in [-0.1, -0.05) is 29.5 Å². The summed E-state index contributed by atoms with van der Waals surface area (Å²) >= 11 is 1.19. The molecule has 2 aromatic carbocycles. The molecule has 128 valence electrons. The second-order valence-electron chi connectivity index (χ2n) is 5.33. The van der Waals surface area contributed by atoms with E-state index in [-0.39, 0.29) is 16.8 Å². The summed E-state index contributed by atoms with van der Waals surface area (Å²) in [5, 5.41) is 23.4. The van der Waals surface area contributed by atoms with Crippen LogP contribution < -0.4 is 10.9 Å². The van der Waals surface area contributed by atoms with Crippen molar-refractivity contribution in [3.63, 3.8) is 0 Å². The molecule has 0 radical (unpaired) electrons. The van der Waals surface area contributed by atoms with Gasteiger partial charge in [-0.3, -0.25) is 10.1 Å². The Morgan fingerprint density at radius 1 is 1.08 bits per heavy atom. The van der Waals surface area contributed by atoms with Gasteiger partial charge in [0.1, 0.15) is 5.58 Å². The second-order valence-corrected chi connectivity index (χ2v) is 6.31. The third-order valence-electron chi connectivity index (χ3n) is 3.61. The van der Waals surface area contributed by atoms with Crippen molar-refractivity contribution in [3.05, 3.63) is 75.1 Å². The van der Waals surface area contributed by atoms with Gasteiger partial charge in [-0.25, -0.2) is 4.79 Å². The minimum absolute atomic E-state index is 0.0824. The first kappa shape index (κ1) is 15.9. The molecule has 0 amide bonds. The van der Waals surface area contributed by atoms with Crippen molar-refractivity contribution in [2.24, 2.45) is 0 Å². The molecule has 0 unspecified atom stereocenters. The molecule has 0 atom stereocenters. The van der Waals surface area contributed by atoms with Crippen LogP contribution in [0.15, 0.2) is 63.8 Å². The zero-order valence-corrected chi connectivity index (χ0v) is 13.9. The van der Waals surface area contributed by atoms with Gasteiger partial charge in [0, 0.05) is 23.2 Å². The standard InChI is InChI=1S/C17H10N4O4S/c22-16-13(9-10-8-12(21(23)24)6-7-14(10)25-16)15-19-20-17(26-15)18-11-4-2-1-3-5-11/h1-9H,(H,18,20). The molecule has 26 heavy (non-hydrogen) atoms. The predicted molar refractivity (Wildman–Crippen MR) is 97.8 cm³/mol. The highest BCUT2D eigenvalue weighted by molar-refractivity contribution is 7.18. The maximum Gasteiger partial charge on any atom is 0.346 e. The Bertz CT molecular complexity index is 1170. The van der Waals surface area contributed by atoms with E-state index in [2.05, 4.69) is 15.5 Å². The van der Waals surface area contributed by atoms with E-state index in [0.29, 0.717) is 15.5 Å². The molecule has 9 heteroatoms. The number of nitrogens with zero attached hydrogens (tertiary/aromatic N) is 3. The molecule has 4 aromatic rings. The van der Waals surface area contributed by atoms with Crippen molar-refractivity contribution in [2.45, 2.75) is 0 Å². The van der Waals surface area contributed by atoms with E-state index in [1.807, 2.05) is 30.3 Å². The molecule has 0 bridgehead atoms. The molecule has 4 rings (SSSR count). The zero-order chi connectivity index (χ0) is 18.1.